The first-order valence-corrected chi connectivity index (χ1v) is 10.2. The van der Waals surface area contributed by atoms with E-state index < -0.39 is 0 Å². The van der Waals surface area contributed by atoms with Crippen molar-refractivity contribution in [3.63, 3.8) is 0 Å². The predicted octanol–water partition coefficient (Wildman–Crippen LogP) is 5.98. The Balaban J connectivity index is 1.64. The van der Waals surface area contributed by atoms with Crippen molar-refractivity contribution >= 4 is 29.0 Å². The van der Waals surface area contributed by atoms with E-state index in [-0.39, 0.29) is 0 Å². The smallest absolute Gasteiger partial charge is 0.119 e. The second kappa shape index (κ2) is 9.85. The van der Waals surface area contributed by atoms with Gasteiger partial charge in [-0.3, -0.25) is 5.41 Å². The highest BCUT2D eigenvalue weighted by Gasteiger charge is 2.09. The molecule has 3 aromatic rings. The summed E-state index contributed by atoms with van der Waals surface area (Å²) < 4.78 is 9.02. The Kier molecular flexibility index (Phi) is 6.98. The first kappa shape index (κ1) is 19.8. The van der Waals surface area contributed by atoms with Gasteiger partial charge in [-0.15, -0.1) is 0 Å². The number of nitrogens with two attached hydrogens (primary N) is 1. The number of hydrogen-bond donors (Lipinski definition) is 3. The number of nitrogens with one attached hydrogen (secondary N) is 2. The fraction of sp³-hybridized carbons (Fsp3) is 0.174. The number of nitrogen functional groups attached to an aromatic ring is 1. The molecule has 0 fully saturated rings. The fourth-order valence-electron chi connectivity index (χ4n) is 2.65. The average Bonchev–Trinajstić information content (AvgIpc) is 2.74. The van der Waals surface area contributed by atoms with Gasteiger partial charge in [0.25, 0.3) is 0 Å². The minimum atomic E-state index is 0.417. The molecule has 144 valence electrons. The summed E-state index contributed by atoms with van der Waals surface area (Å²) in [5, 5.41) is 8.47. The van der Waals surface area contributed by atoms with E-state index in [1.807, 2.05) is 72.8 Å². The minimum absolute atomic E-state index is 0.417. The summed E-state index contributed by atoms with van der Waals surface area (Å²) in [7, 11) is 0. The van der Waals surface area contributed by atoms with Crippen LogP contribution in [0, 0.1) is 5.41 Å². The van der Waals surface area contributed by atoms with Crippen molar-refractivity contribution in [2.75, 3.05) is 17.1 Å². The highest BCUT2D eigenvalue weighted by atomic mass is 32.2. The van der Waals surface area contributed by atoms with Gasteiger partial charge in [-0.25, -0.2) is 0 Å². The monoisotopic (exact) mass is 391 g/mol. The topological polar surface area (TPSA) is 71.1 Å². The molecule has 3 aromatic carbocycles. The lowest BCUT2D eigenvalue weighted by molar-refractivity contribution is 0.309. The van der Waals surface area contributed by atoms with Gasteiger partial charge in [0.1, 0.15) is 5.75 Å². The van der Waals surface area contributed by atoms with Crippen LogP contribution in [0.15, 0.2) is 77.7 Å². The lowest BCUT2D eigenvalue weighted by atomic mass is 10.0. The fourth-order valence-corrected chi connectivity index (χ4v) is 3.29. The first-order chi connectivity index (χ1) is 13.7. The van der Waals surface area contributed by atoms with Crippen LogP contribution in [0.2, 0.25) is 0 Å². The van der Waals surface area contributed by atoms with Crippen molar-refractivity contribution in [3.05, 3.63) is 83.9 Å². The molecule has 0 aliphatic heterocycles. The molecule has 3 rings (SSSR count). The molecule has 28 heavy (non-hydrogen) atoms. The lowest BCUT2D eigenvalue weighted by Gasteiger charge is -2.12. The number of benzene rings is 3. The molecule has 0 heterocycles. The molecule has 0 amide bonds. The van der Waals surface area contributed by atoms with E-state index >= 15 is 0 Å². The zero-order valence-electron chi connectivity index (χ0n) is 15.9. The zero-order chi connectivity index (χ0) is 19.8. The standard InChI is InChI=1S/C23H25N3OS/c1-2-3-15-27-19-10-12-20(13-11-19)28-26-18-9-14-22(24)21(16-18)23(25)17-7-5-4-6-8-17/h4-14,16,25-26H,2-3,15,24H2,1H3. The number of ether oxygens (including phenoxy) is 1. The maximum atomic E-state index is 8.47. The molecule has 0 unspecified atom stereocenters. The molecule has 0 aromatic heterocycles. The maximum absolute atomic E-state index is 8.47. The number of rotatable bonds is 9. The van der Waals surface area contributed by atoms with Crippen LogP contribution in [0.5, 0.6) is 5.75 Å². The Bertz CT molecular complexity index is 911. The minimum Gasteiger partial charge on any atom is -0.494 e. The highest BCUT2D eigenvalue weighted by molar-refractivity contribution is 8.00. The van der Waals surface area contributed by atoms with Crippen LogP contribution in [-0.2, 0) is 0 Å². The lowest BCUT2D eigenvalue weighted by Crippen LogP contribution is -2.06. The molecule has 5 heteroatoms. The summed E-state index contributed by atoms with van der Waals surface area (Å²) in [6.07, 6.45) is 2.19. The van der Waals surface area contributed by atoms with Gasteiger partial charge < -0.3 is 15.2 Å². The van der Waals surface area contributed by atoms with E-state index in [0.29, 0.717) is 11.4 Å². The third-order valence-corrected chi connectivity index (χ3v) is 5.11. The maximum Gasteiger partial charge on any atom is 0.119 e. The van der Waals surface area contributed by atoms with Crippen LogP contribution in [-0.4, -0.2) is 12.3 Å². The SMILES string of the molecule is CCCCOc1ccc(SNc2ccc(N)c(C(=N)c3ccccc3)c2)cc1. The Labute approximate surface area is 170 Å². The van der Waals surface area contributed by atoms with Crippen LogP contribution < -0.4 is 15.2 Å². The van der Waals surface area contributed by atoms with Gasteiger partial charge in [0.05, 0.1) is 12.3 Å². The van der Waals surface area contributed by atoms with Crippen molar-refractivity contribution in [1.29, 1.82) is 5.41 Å². The van der Waals surface area contributed by atoms with Crippen molar-refractivity contribution in [2.24, 2.45) is 0 Å². The van der Waals surface area contributed by atoms with Gasteiger partial charge in [0.15, 0.2) is 0 Å². The van der Waals surface area contributed by atoms with Crippen molar-refractivity contribution < 1.29 is 4.74 Å². The molecule has 0 atom stereocenters. The van der Waals surface area contributed by atoms with Crippen LogP contribution in [0.25, 0.3) is 0 Å². The van der Waals surface area contributed by atoms with Gasteiger partial charge in [-0.1, -0.05) is 43.7 Å². The molecule has 0 radical (unpaired) electrons. The van der Waals surface area contributed by atoms with Crippen molar-refractivity contribution in [1.82, 2.24) is 0 Å². The van der Waals surface area contributed by atoms with Gasteiger partial charge >= 0.3 is 0 Å². The summed E-state index contributed by atoms with van der Waals surface area (Å²) >= 11 is 1.52. The van der Waals surface area contributed by atoms with E-state index in [9.17, 15) is 0 Å². The molecule has 4 nitrogen and oxygen atoms in total. The highest BCUT2D eigenvalue weighted by Crippen LogP contribution is 2.27. The van der Waals surface area contributed by atoms with Crippen LogP contribution in [0.1, 0.15) is 30.9 Å². The summed E-state index contributed by atoms with van der Waals surface area (Å²) in [6.45, 7) is 2.90. The van der Waals surface area contributed by atoms with Gasteiger partial charge in [-0.2, -0.15) is 0 Å². The number of unbranched alkanes of at least 4 members (excludes halogenated alkanes) is 1. The number of hydrogen-bond acceptors (Lipinski definition) is 5. The Hall–Kier alpha value is -2.92. The largest absolute Gasteiger partial charge is 0.494 e. The predicted molar refractivity (Wildman–Crippen MR) is 120 cm³/mol. The first-order valence-electron chi connectivity index (χ1n) is 9.37. The van der Waals surface area contributed by atoms with Crippen molar-refractivity contribution in [2.45, 2.75) is 24.7 Å². The van der Waals surface area contributed by atoms with Crippen molar-refractivity contribution in [3.8, 4) is 5.75 Å². The van der Waals surface area contributed by atoms with E-state index in [0.717, 1.165) is 46.9 Å². The molecular weight excluding hydrogens is 366 g/mol. The molecule has 0 aliphatic rings. The van der Waals surface area contributed by atoms with Gasteiger partial charge in [0, 0.05) is 27.4 Å². The summed E-state index contributed by atoms with van der Waals surface area (Å²) in [5.41, 5.74) is 9.59. The Morgan fingerprint density at radius 2 is 1.79 bits per heavy atom. The Morgan fingerprint density at radius 3 is 2.50 bits per heavy atom. The van der Waals surface area contributed by atoms with Gasteiger partial charge in [-0.05, 0) is 60.8 Å². The number of anilines is 2. The quantitative estimate of drug-likeness (QED) is 0.181. The summed E-state index contributed by atoms with van der Waals surface area (Å²) in [4.78, 5) is 1.08. The Morgan fingerprint density at radius 1 is 1.04 bits per heavy atom. The third kappa shape index (κ3) is 5.30. The molecule has 0 bridgehead atoms. The van der Waals surface area contributed by atoms with E-state index in [4.69, 9.17) is 15.9 Å². The summed E-state index contributed by atoms with van der Waals surface area (Å²) in [5.74, 6) is 0.892. The molecule has 0 spiro atoms. The molecular formula is C23H25N3OS. The molecule has 0 saturated heterocycles. The van der Waals surface area contributed by atoms with E-state index in [2.05, 4.69) is 11.6 Å². The zero-order valence-corrected chi connectivity index (χ0v) is 16.8. The molecule has 0 aliphatic carbocycles. The second-order valence-corrected chi connectivity index (χ2v) is 7.30. The second-order valence-electron chi connectivity index (χ2n) is 6.42. The third-order valence-electron chi connectivity index (χ3n) is 4.26. The van der Waals surface area contributed by atoms with Crippen LogP contribution in [0.4, 0.5) is 11.4 Å². The van der Waals surface area contributed by atoms with E-state index in [1.54, 1.807) is 0 Å². The van der Waals surface area contributed by atoms with E-state index in [1.165, 1.54) is 11.9 Å². The molecule has 0 saturated carbocycles. The normalized spacial score (nSPS) is 10.5. The average molecular weight is 392 g/mol. The summed E-state index contributed by atoms with van der Waals surface area (Å²) in [6, 6.07) is 23.3. The van der Waals surface area contributed by atoms with Crippen LogP contribution >= 0.6 is 11.9 Å². The van der Waals surface area contributed by atoms with Crippen LogP contribution in [0.3, 0.4) is 0 Å². The molecule has 4 N–H and O–H groups in total. The van der Waals surface area contributed by atoms with Gasteiger partial charge in [0.2, 0.25) is 0 Å².